The van der Waals surface area contributed by atoms with Gasteiger partial charge in [0.25, 0.3) is 0 Å². The van der Waals surface area contributed by atoms with Gasteiger partial charge in [-0.25, -0.2) is 4.39 Å². The lowest BCUT2D eigenvalue weighted by molar-refractivity contribution is 0.174. The van der Waals surface area contributed by atoms with Gasteiger partial charge in [0.05, 0.1) is 10.2 Å². The Morgan fingerprint density at radius 2 is 2.00 bits per heavy atom. The SMILES string of the molecule is Fc1ccc(-c2n[nH]c(=S)n2-c2ccc3c(c2)OCO3)cc1Br. The van der Waals surface area contributed by atoms with Gasteiger partial charge in [0.15, 0.2) is 22.1 Å². The van der Waals surface area contributed by atoms with Gasteiger partial charge in [-0.1, -0.05) is 0 Å². The van der Waals surface area contributed by atoms with Crippen LogP contribution in [-0.2, 0) is 0 Å². The molecular formula is C15H9BrFN3O2S. The highest BCUT2D eigenvalue weighted by Gasteiger charge is 2.17. The van der Waals surface area contributed by atoms with E-state index >= 15 is 0 Å². The summed E-state index contributed by atoms with van der Waals surface area (Å²) in [6, 6.07) is 10.2. The number of rotatable bonds is 2. The molecule has 0 bridgehead atoms. The summed E-state index contributed by atoms with van der Waals surface area (Å²) in [4.78, 5) is 0. The van der Waals surface area contributed by atoms with E-state index in [4.69, 9.17) is 21.7 Å². The zero-order chi connectivity index (χ0) is 16.0. The molecule has 0 amide bonds. The van der Waals surface area contributed by atoms with Crippen molar-refractivity contribution in [2.24, 2.45) is 0 Å². The van der Waals surface area contributed by atoms with Gasteiger partial charge in [0, 0.05) is 11.6 Å². The Labute approximate surface area is 143 Å². The molecule has 5 nitrogen and oxygen atoms in total. The molecule has 0 saturated heterocycles. The zero-order valence-corrected chi connectivity index (χ0v) is 13.9. The summed E-state index contributed by atoms with van der Waals surface area (Å²) < 4.78 is 26.7. The quantitative estimate of drug-likeness (QED) is 0.662. The van der Waals surface area contributed by atoms with Crippen LogP contribution < -0.4 is 9.47 Å². The predicted octanol–water partition coefficient (Wildman–Crippen LogP) is 4.23. The Kier molecular flexibility index (Phi) is 3.42. The van der Waals surface area contributed by atoms with Gasteiger partial charge in [-0.3, -0.25) is 9.67 Å². The molecule has 1 aliphatic rings. The molecule has 23 heavy (non-hydrogen) atoms. The van der Waals surface area contributed by atoms with E-state index in [0.29, 0.717) is 26.6 Å². The highest BCUT2D eigenvalue weighted by atomic mass is 79.9. The lowest BCUT2D eigenvalue weighted by Gasteiger charge is -2.08. The van der Waals surface area contributed by atoms with Crippen molar-refractivity contribution in [2.75, 3.05) is 6.79 Å². The molecule has 3 aromatic rings. The highest BCUT2D eigenvalue weighted by molar-refractivity contribution is 9.10. The molecule has 4 rings (SSSR count). The summed E-state index contributed by atoms with van der Waals surface area (Å²) in [5, 5.41) is 7.03. The number of nitrogens with zero attached hydrogens (tertiary/aromatic N) is 2. The molecule has 2 aromatic carbocycles. The van der Waals surface area contributed by atoms with Crippen molar-refractivity contribution in [3.8, 4) is 28.6 Å². The summed E-state index contributed by atoms with van der Waals surface area (Å²) in [7, 11) is 0. The molecule has 0 radical (unpaired) electrons. The monoisotopic (exact) mass is 393 g/mol. The number of benzene rings is 2. The van der Waals surface area contributed by atoms with Gasteiger partial charge in [0.2, 0.25) is 6.79 Å². The first-order chi connectivity index (χ1) is 11.1. The molecule has 8 heteroatoms. The second-order valence-corrected chi connectivity index (χ2v) is 6.10. The van der Waals surface area contributed by atoms with Crippen molar-refractivity contribution >= 4 is 28.1 Å². The lowest BCUT2D eigenvalue weighted by atomic mass is 10.2. The van der Waals surface area contributed by atoms with Crippen molar-refractivity contribution < 1.29 is 13.9 Å². The fourth-order valence-electron chi connectivity index (χ4n) is 2.39. The van der Waals surface area contributed by atoms with Crippen LogP contribution >= 0.6 is 28.1 Å². The number of fused-ring (bicyclic) bond motifs is 1. The Morgan fingerprint density at radius 1 is 1.17 bits per heavy atom. The van der Waals surface area contributed by atoms with Gasteiger partial charge >= 0.3 is 0 Å². The normalized spacial score (nSPS) is 12.6. The van der Waals surface area contributed by atoms with Crippen molar-refractivity contribution in [1.82, 2.24) is 14.8 Å². The Hall–Kier alpha value is -2.19. The third kappa shape index (κ3) is 2.43. The van der Waals surface area contributed by atoms with Crippen molar-refractivity contribution in [2.45, 2.75) is 0 Å². The Morgan fingerprint density at radius 3 is 2.83 bits per heavy atom. The topological polar surface area (TPSA) is 52.1 Å². The fourth-order valence-corrected chi connectivity index (χ4v) is 3.01. The molecule has 1 N–H and O–H groups in total. The predicted molar refractivity (Wildman–Crippen MR) is 88.0 cm³/mol. The fraction of sp³-hybridized carbons (Fsp3) is 0.0667. The van der Waals surface area contributed by atoms with Gasteiger partial charge < -0.3 is 9.47 Å². The minimum Gasteiger partial charge on any atom is -0.454 e. The number of aromatic amines is 1. The minimum atomic E-state index is -0.336. The smallest absolute Gasteiger partial charge is 0.231 e. The van der Waals surface area contributed by atoms with Crippen LogP contribution in [0.4, 0.5) is 4.39 Å². The molecule has 0 spiro atoms. The third-order valence-corrected chi connectivity index (χ3v) is 4.35. The van der Waals surface area contributed by atoms with Gasteiger partial charge in [-0.15, -0.1) is 0 Å². The number of nitrogens with one attached hydrogen (secondary N) is 1. The molecular weight excluding hydrogens is 385 g/mol. The van der Waals surface area contributed by atoms with E-state index in [1.54, 1.807) is 16.7 Å². The summed E-state index contributed by atoms with van der Waals surface area (Å²) in [5.74, 6) is 1.58. The maximum absolute atomic E-state index is 13.5. The van der Waals surface area contributed by atoms with Crippen LogP contribution in [0.15, 0.2) is 40.9 Å². The molecule has 0 unspecified atom stereocenters. The van der Waals surface area contributed by atoms with Crippen molar-refractivity contribution in [3.63, 3.8) is 0 Å². The second kappa shape index (κ2) is 5.47. The van der Waals surface area contributed by atoms with Crippen LogP contribution in [0.2, 0.25) is 0 Å². The largest absolute Gasteiger partial charge is 0.454 e. The zero-order valence-electron chi connectivity index (χ0n) is 11.5. The summed E-state index contributed by atoms with van der Waals surface area (Å²) in [6.45, 7) is 0.202. The average molecular weight is 394 g/mol. The first kappa shape index (κ1) is 14.4. The first-order valence-electron chi connectivity index (χ1n) is 6.66. The number of halogens is 2. The van der Waals surface area contributed by atoms with Crippen LogP contribution in [0.3, 0.4) is 0 Å². The van der Waals surface area contributed by atoms with Gasteiger partial charge in [-0.2, -0.15) is 5.10 Å². The van der Waals surface area contributed by atoms with E-state index in [-0.39, 0.29) is 12.6 Å². The summed E-state index contributed by atoms with van der Waals surface area (Å²) in [6.07, 6.45) is 0. The number of hydrogen-bond acceptors (Lipinski definition) is 4. The van der Waals surface area contributed by atoms with E-state index in [1.807, 2.05) is 18.2 Å². The highest BCUT2D eigenvalue weighted by Crippen LogP contribution is 2.35. The molecule has 0 aliphatic carbocycles. The van der Waals surface area contributed by atoms with Crippen LogP contribution in [0.25, 0.3) is 17.1 Å². The van der Waals surface area contributed by atoms with E-state index < -0.39 is 0 Å². The lowest BCUT2D eigenvalue weighted by Crippen LogP contribution is -1.98. The van der Waals surface area contributed by atoms with Crippen molar-refractivity contribution in [1.29, 1.82) is 0 Å². The van der Waals surface area contributed by atoms with Crippen LogP contribution in [0.5, 0.6) is 11.5 Å². The van der Waals surface area contributed by atoms with E-state index in [1.165, 1.54) is 6.07 Å². The second-order valence-electron chi connectivity index (χ2n) is 4.85. The molecule has 2 heterocycles. The standard InChI is InChI=1S/C15H9BrFN3O2S/c16-10-5-8(1-3-11(10)17)14-18-19-15(23)20(14)9-2-4-12-13(6-9)22-7-21-12/h1-6H,7H2,(H,19,23). The molecule has 116 valence electrons. The minimum absolute atomic E-state index is 0.202. The number of hydrogen-bond donors (Lipinski definition) is 1. The number of H-pyrrole nitrogens is 1. The molecule has 1 aromatic heterocycles. The van der Waals surface area contributed by atoms with E-state index in [2.05, 4.69) is 26.1 Å². The van der Waals surface area contributed by atoms with Crippen LogP contribution in [0, 0.1) is 10.6 Å². The van der Waals surface area contributed by atoms with Crippen LogP contribution in [-0.4, -0.2) is 21.6 Å². The maximum atomic E-state index is 13.5. The van der Waals surface area contributed by atoms with Crippen molar-refractivity contribution in [3.05, 3.63) is 51.5 Å². The molecule has 0 fully saturated rings. The number of ether oxygens (including phenoxy) is 2. The molecule has 0 atom stereocenters. The maximum Gasteiger partial charge on any atom is 0.231 e. The number of aromatic nitrogens is 3. The van der Waals surface area contributed by atoms with Crippen LogP contribution in [0.1, 0.15) is 0 Å². The van der Waals surface area contributed by atoms with Gasteiger partial charge in [-0.05, 0) is 58.5 Å². The summed E-state index contributed by atoms with van der Waals surface area (Å²) >= 11 is 8.52. The van der Waals surface area contributed by atoms with Gasteiger partial charge in [0.1, 0.15) is 5.82 Å². The Bertz CT molecular complexity index is 970. The summed E-state index contributed by atoms with van der Waals surface area (Å²) in [5.41, 5.74) is 1.51. The third-order valence-electron chi connectivity index (χ3n) is 3.46. The average Bonchev–Trinajstić information content (AvgIpc) is 3.15. The first-order valence-corrected chi connectivity index (χ1v) is 7.86. The molecule has 0 saturated carbocycles. The molecule has 1 aliphatic heterocycles. The van der Waals surface area contributed by atoms with E-state index in [0.717, 1.165) is 11.3 Å². The Balaban J connectivity index is 1.88. The van der Waals surface area contributed by atoms with E-state index in [9.17, 15) is 4.39 Å².